The third kappa shape index (κ3) is 4.78. The molecule has 3 rings (SSSR count). The molecule has 2 amide bonds. The van der Waals surface area contributed by atoms with Gasteiger partial charge in [0.1, 0.15) is 0 Å². The number of halogens is 2. The number of carbonyl (C=O) groups is 2. The Labute approximate surface area is 164 Å². The van der Waals surface area contributed by atoms with Crippen molar-refractivity contribution in [2.75, 3.05) is 45.8 Å². The van der Waals surface area contributed by atoms with Crippen LogP contribution in [0, 0.1) is 0 Å². The van der Waals surface area contributed by atoms with Gasteiger partial charge in [-0.1, -0.05) is 29.3 Å². The molecular weight excluding hydrogens is 373 g/mol. The van der Waals surface area contributed by atoms with Gasteiger partial charge in [-0.2, -0.15) is 0 Å². The highest BCUT2D eigenvalue weighted by Gasteiger charge is 2.24. The number of amides is 2. The third-order valence-electron chi connectivity index (χ3n) is 4.89. The Morgan fingerprint density at radius 1 is 0.923 bits per heavy atom. The van der Waals surface area contributed by atoms with Gasteiger partial charge in [0, 0.05) is 61.0 Å². The summed E-state index contributed by atoms with van der Waals surface area (Å²) in [5.41, 5.74) is 0.652. The summed E-state index contributed by atoms with van der Waals surface area (Å²) >= 11 is 12.2. The summed E-state index contributed by atoms with van der Waals surface area (Å²) in [5, 5.41) is 1.04. The lowest BCUT2D eigenvalue weighted by Gasteiger charge is -2.34. The molecule has 140 valence electrons. The van der Waals surface area contributed by atoms with Crippen LogP contribution in [0.25, 0.3) is 6.08 Å². The smallest absolute Gasteiger partial charge is 0.246 e. The molecule has 2 fully saturated rings. The van der Waals surface area contributed by atoms with Gasteiger partial charge in [-0.3, -0.25) is 14.5 Å². The van der Waals surface area contributed by atoms with Gasteiger partial charge in [-0.05, 0) is 31.1 Å². The Hall–Kier alpha value is -1.56. The second-order valence-electron chi connectivity index (χ2n) is 6.66. The van der Waals surface area contributed by atoms with E-state index >= 15 is 0 Å². The first-order chi connectivity index (χ1) is 12.5. The zero-order valence-electron chi connectivity index (χ0n) is 14.7. The lowest BCUT2D eigenvalue weighted by molar-refractivity contribution is -0.132. The topological polar surface area (TPSA) is 43.9 Å². The van der Waals surface area contributed by atoms with Crippen LogP contribution in [0.3, 0.4) is 0 Å². The molecule has 0 atom stereocenters. The quantitative estimate of drug-likeness (QED) is 0.736. The van der Waals surface area contributed by atoms with E-state index in [4.69, 9.17) is 23.2 Å². The van der Waals surface area contributed by atoms with Crippen LogP contribution < -0.4 is 0 Å². The van der Waals surface area contributed by atoms with Crippen LogP contribution >= 0.6 is 23.2 Å². The van der Waals surface area contributed by atoms with E-state index < -0.39 is 0 Å². The number of hydrogen-bond acceptors (Lipinski definition) is 3. The second-order valence-corrected chi connectivity index (χ2v) is 7.47. The fraction of sp³-hybridized carbons (Fsp3) is 0.474. The van der Waals surface area contributed by atoms with Crippen LogP contribution in [-0.4, -0.2) is 72.3 Å². The molecule has 0 spiro atoms. The zero-order valence-corrected chi connectivity index (χ0v) is 16.2. The fourth-order valence-electron chi connectivity index (χ4n) is 3.31. The Morgan fingerprint density at radius 3 is 2.15 bits per heavy atom. The third-order valence-corrected chi connectivity index (χ3v) is 5.55. The highest BCUT2D eigenvalue weighted by molar-refractivity contribution is 6.37. The van der Waals surface area contributed by atoms with E-state index in [1.165, 1.54) is 6.08 Å². The number of rotatable bonds is 4. The first kappa shape index (κ1) is 19.2. The van der Waals surface area contributed by atoms with Gasteiger partial charge in [0.2, 0.25) is 11.8 Å². The molecule has 7 heteroatoms. The van der Waals surface area contributed by atoms with Gasteiger partial charge in [0.05, 0.1) is 6.54 Å². The zero-order chi connectivity index (χ0) is 18.5. The first-order valence-electron chi connectivity index (χ1n) is 8.96. The number of carbonyl (C=O) groups excluding carboxylic acids is 2. The average molecular weight is 396 g/mol. The molecule has 0 radical (unpaired) electrons. The molecule has 5 nitrogen and oxygen atoms in total. The van der Waals surface area contributed by atoms with Crippen LogP contribution in [0.2, 0.25) is 10.0 Å². The number of benzene rings is 1. The highest BCUT2D eigenvalue weighted by Crippen LogP contribution is 2.25. The van der Waals surface area contributed by atoms with Gasteiger partial charge >= 0.3 is 0 Å². The van der Waals surface area contributed by atoms with Gasteiger partial charge in [-0.25, -0.2) is 0 Å². The normalized spacial score (nSPS) is 18.7. The van der Waals surface area contributed by atoms with Gasteiger partial charge < -0.3 is 9.80 Å². The number of hydrogen-bond donors (Lipinski definition) is 0. The number of nitrogens with zero attached hydrogens (tertiary/aromatic N) is 3. The van der Waals surface area contributed by atoms with E-state index in [1.807, 2.05) is 4.90 Å². The van der Waals surface area contributed by atoms with E-state index in [0.29, 0.717) is 48.3 Å². The van der Waals surface area contributed by atoms with Crippen LogP contribution in [-0.2, 0) is 9.59 Å². The van der Waals surface area contributed by atoms with Crippen LogP contribution in [0.15, 0.2) is 24.3 Å². The van der Waals surface area contributed by atoms with Crippen molar-refractivity contribution in [2.24, 2.45) is 0 Å². The molecule has 2 heterocycles. The first-order valence-corrected chi connectivity index (χ1v) is 9.71. The molecular formula is C19H23Cl2N3O2. The summed E-state index contributed by atoms with van der Waals surface area (Å²) in [6, 6.07) is 5.26. The minimum atomic E-state index is -0.0634. The maximum absolute atomic E-state index is 12.4. The summed E-state index contributed by atoms with van der Waals surface area (Å²) in [5.74, 6) is 0.141. The van der Waals surface area contributed by atoms with Crippen molar-refractivity contribution in [2.45, 2.75) is 12.8 Å². The molecule has 1 aromatic carbocycles. The van der Waals surface area contributed by atoms with Crippen molar-refractivity contribution in [1.29, 1.82) is 0 Å². The summed E-state index contributed by atoms with van der Waals surface area (Å²) in [6.45, 7) is 4.88. The molecule has 0 saturated carbocycles. The maximum atomic E-state index is 12.4. The molecule has 2 aliphatic heterocycles. The molecule has 0 unspecified atom stereocenters. The van der Waals surface area contributed by atoms with Crippen molar-refractivity contribution in [3.63, 3.8) is 0 Å². The van der Waals surface area contributed by atoms with E-state index in [-0.39, 0.29) is 11.8 Å². The van der Waals surface area contributed by atoms with Crippen LogP contribution in [0.4, 0.5) is 0 Å². The van der Waals surface area contributed by atoms with Crippen LogP contribution in [0.1, 0.15) is 18.4 Å². The minimum Gasteiger partial charge on any atom is -0.342 e. The molecule has 26 heavy (non-hydrogen) atoms. The van der Waals surface area contributed by atoms with Crippen molar-refractivity contribution in [3.05, 3.63) is 39.9 Å². The highest BCUT2D eigenvalue weighted by atomic mass is 35.5. The SMILES string of the molecule is O=C(/C=C/c1c(Cl)cccc1Cl)N1CCN(CC(=O)N2CCCC2)CC1. The lowest BCUT2D eigenvalue weighted by Crippen LogP contribution is -2.51. The van der Waals surface area contributed by atoms with Gasteiger partial charge in [-0.15, -0.1) is 0 Å². The standard InChI is InChI=1S/C19H23Cl2N3O2/c20-16-4-3-5-17(21)15(16)6-7-18(25)24-12-10-22(11-13-24)14-19(26)23-8-1-2-9-23/h3-7H,1-2,8-14H2/b7-6+. The molecule has 1 aromatic rings. The maximum Gasteiger partial charge on any atom is 0.246 e. The van der Waals surface area contributed by atoms with Crippen molar-refractivity contribution in [3.8, 4) is 0 Å². The molecule has 0 bridgehead atoms. The minimum absolute atomic E-state index is 0.0634. The van der Waals surface area contributed by atoms with Gasteiger partial charge in [0.15, 0.2) is 0 Å². The summed E-state index contributed by atoms with van der Waals surface area (Å²) < 4.78 is 0. The monoisotopic (exact) mass is 395 g/mol. The van der Waals surface area contributed by atoms with E-state index in [1.54, 1.807) is 29.2 Å². The predicted molar refractivity (Wildman–Crippen MR) is 104 cm³/mol. The van der Waals surface area contributed by atoms with E-state index in [9.17, 15) is 9.59 Å². The lowest BCUT2D eigenvalue weighted by atomic mass is 10.2. The molecule has 0 aliphatic carbocycles. The van der Waals surface area contributed by atoms with Crippen molar-refractivity contribution in [1.82, 2.24) is 14.7 Å². The summed E-state index contributed by atoms with van der Waals surface area (Å²) in [7, 11) is 0. The number of piperazine rings is 1. The van der Waals surface area contributed by atoms with Crippen LogP contribution in [0.5, 0.6) is 0 Å². The van der Waals surface area contributed by atoms with Crippen molar-refractivity contribution < 1.29 is 9.59 Å². The Kier molecular flexibility index (Phi) is 6.57. The predicted octanol–water partition coefficient (Wildman–Crippen LogP) is 2.77. The largest absolute Gasteiger partial charge is 0.342 e. The molecule has 2 saturated heterocycles. The number of likely N-dealkylation sites (tertiary alicyclic amines) is 1. The fourth-order valence-corrected chi connectivity index (χ4v) is 3.84. The average Bonchev–Trinajstić information content (AvgIpc) is 3.16. The van der Waals surface area contributed by atoms with E-state index in [0.717, 1.165) is 25.9 Å². The van der Waals surface area contributed by atoms with Gasteiger partial charge in [0.25, 0.3) is 0 Å². The molecule has 0 aromatic heterocycles. The summed E-state index contributed by atoms with van der Waals surface area (Å²) in [6.07, 6.45) is 5.39. The molecule has 0 N–H and O–H groups in total. The Bertz CT molecular complexity index is 674. The van der Waals surface area contributed by atoms with Crippen molar-refractivity contribution >= 4 is 41.1 Å². The second kappa shape index (κ2) is 8.89. The Morgan fingerprint density at radius 2 is 1.54 bits per heavy atom. The molecule has 2 aliphatic rings. The summed E-state index contributed by atoms with van der Waals surface area (Å²) in [4.78, 5) is 30.5. The van der Waals surface area contributed by atoms with E-state index in [2.05, 4.69) is 4.90 Å². The Balaban J connectivity index is 1.49.